The molecule has 1 atom stereocenters. The summed E-state index contributed by atoms with van der Waals surface area (Å²) in [4.78, 5) is 31.2. The third-order valence-electron chi connectivity index (χ3n) is 2.29. The molecule has 0 spiro atoms. The second kappa shape index (κ2) is 7.68. The first-order chi connectivity index (χ1) is 9.49. The van der Waals surface area contributed by atoms with Crippen LogP contribution in [0.3, 0.4) is 0 Å². The normalized spacial score (nSPS) is 11.8. The lowest BCUT2D eigenvalue weighted by molar-refractivity contribution is -0.120. The largest absolute Gasteiger partial charge is 0.462 e. The van der Waals surface area contributed by atoms with Crippen LogP contribution in [0.1, 0.15) is 31.1 Å². The molecule has 110 valence electrons. The lowest BCUT2D eigenvalue weighted by atomic mass is 10.3. The molecule has 0 saturated heterocycles. The van der Waals surface area contributed by atoms with Crippen molar-refractivity contribution in [1.82, 2.24) is 15.3 Å². The average Bonchev–Trinajstić information content (AvgIpc) is 2.39. The number of hydrogen-bond donors (Lipinski definition) is 2. The zero-order valence-electron chi connectivity index (χ0n) is 11.7. The minimum absolute atomic E-state index is 0.0454. The fourth-order valence-electron chi connectivity index (χ4n) is 1.33. The van der Waals surface area contributed by atoms with E-state index in [-0.39, 0.29) is 29.1 Å². The maximum absolute atomic E-state index is 11.6. The molecule has 0 aliphatic heterocycles. The number of nitrogens with two attached hydrogens (primary N) is 1. The predicted octanol–water partition coefficient (Wildman–Crippen LogP) is 0.852. The van der Waals surface area contributed by atoms with E-state index < -0.39 is 5.97 Å². The number of hydrogen-bond acceptors (Lipinski definition) is 7. The highest BCUT2D eigenvalue weighted by atomic mass is 32.2. The van der Waals surface area contributed by atoms with Crippen LogP contribution in [0, 0.1) is 0 Å². The molecule has 3 N–H and O–H groups in total. The predicted molar refractivity (Wildman–Crippen MR) is 76.4 cm³/mol. The van der Waals surface area contributed by atoms with E-state index in [9.17, 15) is 9.59 Å². The second-order valence-electron chi connectivity index (χ2n) is 3.83. The summed E-state index contributed by atoms with van der Waals surface area (Å²) in [5.74, 6) is -0.614. The Morgan fingerprint density at radius 1 is 1.50 bits per heavy atom. The van der Waals surface area contributed by atoms with Crippen LogP contribution >= 0.6 is 11.8 Å². The second-order valence-corrected chi connectivity index (χ2v) is 5.13. The van der Waals surface area contributed by atoms with Gasteiger partial charge in [0.05, 0.1) is 11.9 Å². The molecule has 1 rings (SSSR count). The van der Waals surface area contributed by atoms with Crippen molar-refractivity contribution >= 4 is 29.5 Å². The van der Waals surface area contributed by atoms with Crippen LogP contribution in [0.4, 0.5) is 5.82 Å². The first kappa shape index (κ1) is 16.2. The number of nitrogens with zero attached hydrogens (tertiary/aromatic N) is 2. The molecular formula is C12H18N4O3S. The van der Waals surface area contributed by atoms with Crippen molar-refractivity contribution in [3.8, 4) is 0 Å². The van der Waals surface area contributed by atoms with E-state index in [0.29, 0.717) is 11.7 Å². The van der Waals surface area contributed by atoms with Crippen molar-refractivity contribution in [2.24, 2.45) is 0 Å². The van der Waals surface area contributed by atoms with Gasteiger partial charge in [-0.3, -0.25) is 4.79 Å². The first-order valence-electron chi connectivity index (χ1n) is 6.23. The van der Waals surface area contributed by atoms with E-state index in [4.69, 9.17) is 10.5 Å². The number of rotatable bonds is 6. The van der Waals surface area contributed by atoms with Crippen LogP contribution in [0.15, 0.2) is 11.4 Å². The molecule has 8 heteroatoms. The highest BCUT2D eigenvalue weighted by Crippen LogP contribution is 2.21. The smallest absolute Gasteiger partial charge is 0.343 e. The molecule has 0 aliphatic rings. The molecule has 0 bridgehead atoms. The van der Waals surface area contributed by atoms with Gasteiger partial charge in [-0.25, -0.2) is 14.8 Å². The standard InChI is InChI=1S/C12H18N4O3S/c1-4-14-10(17)7(3)20-12-15-6-8(9(13)16-12)11(18)19-5-2/h6-7H,4-5H2,1-3H3,(H,14,17)(H2,13,15,16). The fourth-order valence-corrected chi connectivity index (χ4v) is 2.10. The van der Waals surface area contributed by atoms with Gasteiger partial charge >= 0.3 is 5.97 Å². The Labute approximate surface area is 121 Å². The lowest BCUT2D eigenvalue weighted by Crippen LogP contribution is -2.30. The van der Waals surface area contributed by atoms with E-state index in [1.165, 1.54) is 18.0 Å². The summed E-state index contributed by atoms with van der Waals surface area (Å²) in [6, 6.07) is 0. The molecule has 7 nitrogen and oxygen atoms in total. The van der Waals surface area contributed by atoms with Crippen LogP contribution in [0.2, 0.25) is 0 Å². The van der Waals surface area contributed by atoms with Crippen LogP contribution in [-0.2, 0) is 9.53 Å². The third-order valence-corrected chi connectivity index (χ3v) is 3.27. The monoisotopic (exact) mass is 298 g/mol. The van der Waals surface area contributed by atoms with Crippen molar-refractivity contribution in [3.63, 3.8) is 0 Å². The van der Waals surface area contributed by atoms with Gasteiger partial charge in [0.25, 0.3) is 0 Å². The van der Waals surface area contributed by atoms with Gasteiger partial charge in [0.1, 0.15) is 11.4 Å². The third kappa shape index (κ3) is 4.37. The quantitative estimate of drug-likeness (QED) is 0.455. The summed E-state index contributed by atoms with van der Waals surface area (Å²) in [6.07, 6.45) is 1.31. The van der Waals surface area contributed by atoms with Crippen LogP contribution < -0.4 is 11.1 Å². The molecule has 0 aliphatic carbocycles. The number of amides is 1. The van der Waals surface area contributed by atoms with Gasteiger partial charge in [0, 0.05) is 12.7 Å². The maximum Gasteiger partial charge on any atom is 0.343 e. The molecule has 1 unspecified atom stereocenters. The lowest BCUT2D eigenvalue weighted by Gasteiger charge is -2.10. The number of nitrogen functional groups attached to an aromatic ring is 1. The van der Waals surface area contributed by atoms with E-state index in [2.05, 4.69) is 15.3 Å². The number of thioether (sulfide) groups is 1. The van der Waals surface area contributed by atoms with Gasteiger partial charge in [0.15, 0.2) is 5.16 Å². The molecule has 1 aromatic rings. The fraction of sp³-hybridized carbons (Fsp3) is 0.500. The highest BCUT2D eigenvalue weighted by molar-refractivity contribution is 8.00. The van der Waals surface area contributed by atoms with Crippen LogP contribution in [-0.4, -0.2) is 40.2 Å². The molecule has 1 aromatic heterocycles. The Bertz CT molecular complexity index is 496. The summed E-state index contributed by atoms with van der Waals surface area (Å²) < 4.78 is 4.83. The van der Waals surface area contributed by atoms with E-state index in [1.807, 2.05) is 6.92 Å². The Hall–Kier alpha value is -1.83. The Morgan fingerprint density at radius 2 is 2.20 bits per heavy atom. The van der Waals surface area contributed by atoms with Crippen molar-refractivity contribution in [2.45, 2.75) is 31.2 Å². The molecule has 0 aromatic carbocycles. The zero-order chi connectivity index (χ0) is 15.1. The van der Waals surface area contributed by atoms with Crippen molar-refractivity contribution in [3.05, 3.63) is 11.8 Å². The summed E-state index contributed by atoms with van der Waals surface area (Å²) in [7, 11) is 0. The number of esters is 1. The molecule has 0 radical (unpaired) electrons. The molecular weight excluding hydrogens is 280 g/mol. The number of carbonyl (C=O) groups excluding carboxylic acids is 2. The van der Waals surface area contributed by atoms with Crippen molar-refractivity contribution < 1.29 is 14.3 Å². The number of aromatic nitrogens is 2. The molecule has 0 fully saturated rings. The average molecular weight is 298 g/mol. The van der Waals surface area contributed by atoms with Gasteiger partial charge in [-0.2, -0.15) is 0 Å². The Balaban J connectivity index is 2.77. The molecule has 20 heavy (non-hydrogen) atoms. The maximum atomic E-state index is 11.6. The van der Waals surface area contributed by atoms with E-state index in [1.54, 1.807) is 13.8 Å². The highest BCUT2D eigenvalue weighted by Gasteiger charge is 2.18. The van der Waals surface area contributed by atoms with Gasteiger partial charge in [0.2, 0.25) is 5.91 Å². The minimum Gasteiger partial charge on any atom is -0.462 e. The van der Waals surface area contributed by atoms with Crippen LogP contribution in [0.25, 0.3) is 0 Å². The summed E-state index contributed by atoms with van der Waals surface area (Å²) in [5, 5.41) is 2.70. The zero-order valence-corrected chi connectivity index (χ0v) is 12.5. The SMILES string of the molecule is CCNC(=O)C(C)Sc1ncc(C(=O)OCC)c(N)n1. The molecule has 1 heterocycles. The molecule has 0 saturated carbocycles. The van der Waals surface area contributed by atoms with Gasteiger partial charge in [-0.15, -0.1) is 0 Å². The first-order valence-corrected chi connectivity index (χ1v) is 7.11. The minimum atomic E-state index is -0.557. The van der Waals surface area contributed by atoms with Crippen molar-refractivity contribution in [2.75, 3.05) is 18.9 Å². The van der Waals surface area contributed by atoms with Gasteiger partial charge in [-0.1, -0.05) is 11.8 Å². The number of ether oxygens (including phenoxy) is 1. The Morgan fingerprint density at radius 3 is 2.75 bits per heavy atom. The van der Waals surface area contributed by atoms with E-state index >= 15 is 0 Å². The Kier molecular flexibility index (Phi) is 6.23. The molecule has 1 amide bonds. The summed E-state index contributed by atoms with van der Waals surface area (Å²) in [6.45, 7) is 6.11. The summed E-state index contributed by atoms with van der Waals surface area (Å²) >= 11 is 1.17. The van der Waals surface area contributed by atoms with Gasteiger partial charge < -0.3 is 15.8 Å². The van der Waals surface area contributed by atoms with Crippen molar-refractivity contribution in [1.29, 1.82) is 0 Å². The number of anilines is 1. The van der Waals surface area contributed by atoms with Gasteiger partial charge in [-0.05, 0) is 20.8 Å². The number of nitrogens with one attached hydrogen (secondary N) is 1. The summed E-state index contributed by atoms with van der Waals surface area (Å²) in [5.41, 5.74) is 5.82. The van der Waals surface area contributed by atoms with Crippen LogP contribution in [0.5, 0.6) is 0 Å². The van der Waals surface area contributed by atoms with E-state index in [0.717, 1.165) is 0 Å². The topological polar surface area (TPSA) is 107 Å². The number of carbonyl (C=O) groups is 2.